The predicted octanol–water partition coefficient (Wildman–Crippen LogP) is 3.11. The smallest absolute Gasteiger partial charge is 0.301 e. The Hall–Kier alpha value is -2.04. The number of aromatic nitrogens is 2. The minimum atomic E-state index is -4.04. The number of imidazole rings is 1. The fourth-order valence-corrected chi connectivity index (χ4v) is 3.76. The maximum Gasteiger partial charge on any atom is 0.301 e. The van der Waals surface area contributed by atoms with Crippen molar-refractivity contribution in [3.8, 4) is 0 Å². The first-order chi connectivity index (χ1) is 12.8. The van der Waals surface area contributed by atoms with Gasteiger partial charge in [-0.05, 0) is 24.3 Å². The Morgan fingerprint density at radius 2 is 1.89 bits per heavy atom. The first-order valence-electron chi connectivity index (χ1n) is 7.29. The number of carbonyl (C=O) groups is 1. The summed E-state index contributed by atoms with van der Waals surface area (Å²) < 4.78 is 31.3. The molecule has 1 amide bonds. The molecule has 2 aromatic heterocycles. The highest BCUT2D eigenvalue weighted by atomic mass is 35.5. The lowest BCUT2D eigenvalue weighted by Crippen LogP contribution is -2.41. The number of benzene rings is 1. The maximum atomic E-state index is 12.2. The van der Waals surface area contributed by atoms with Crippen LogP contribution in [-0.2, 0) is 16.6 Å². The van der Waals surface area contributed by atoms with Gasteiger partial charge in [-0.15, -0.1) is 4.83 Å². The number of amides is 1. The van der Waals surface area contributed by atoms with Gasteiger partial charge in [-0.2, -0.15) is 0 Å². The molecule has 0 atom stereocenters. The standard InChI is InChI=1S/C15H11Cl3N4O4S/c16-10-3-1-2-4-12(10)27(24,25)21-20-15(23)11-6-5-9(26-11)7-22-8-19-13(17)14(22)18/h1-6,8,21H,7H2,(H,20,23). The molecule has 0 aliphatic carbocycles. The van der Waals surface area contributed by atoms with Gasteiger partial charge >= 0.3 is 5.91 Å². The van der Waals surface area contributed by atoms with Crippen LogP contribution in [0.2, 0.25) is 15.3 Å². The van der Waals surface area contributed by atoms with E-state index in [1.807, 2.05) is 4.83 Å². The number of rotatable bonds is 6. The summed E-state index contributed by atoms with van der Waals surface area (Å²) in [5, 5.41) is 0.400. The van der Waals surface area contributed by atoms with Crippen molar-refractivity contribution < 1.29 is 17.6 Å². The largest absolute Gasteiger partial charge is 0.454 e. The van der Waals surface area contributed by atoms with Crippen LogP contribution in [-0.4, -0.2) is 23.9 Å². The number of halogens is 3. The SMILES string of the molecule is O=C(NNS(=O)(=O)c1ccccc1Cl)c1ccc(Cn2cnc(Cl)c2Cl)o1. The van der Waals surface area contributed by atoms with E-state index in [2.05, 4.69) is 10.4 Å². The zero-order valence-corrected chi connectivity index (χ0v) is 16.4. The molecule has 0 aliphatic rings. The second kappa shape index (κ2) is 7.91. The number of furan rings is 1. The number of hydrazine groups is 1. The van der Waals surface area contributed by atoms with Crippen molar-refractivity contribution in [1.29, 1.82) is 0 Å². The topological polar surface area (TPSA) is 106 Å². The summed E-state index contributed by atoms with van der Waals surface area (Å²) in [6, 6.07) is 8.76. The monoisotopic (exact) mass is 448 g/mol. The van der Waals surface area contributed by atoms with E-state index in [-0.39, 0.29) is 32.5 Å². The van der Waals surface area contributed by atoms with Crippen LogP contribution in [0.4, 0.5) is 0 Å². The molecule has 0 aliphatic heterocycles. The lowest BCUT2D eigenvalue weighted by atomic mass is 10.4. The number of hydrogen-bond acceptors (Lipinski definition) is 5. The van der Waals surface area contributed by atoms with E-state index >= 15 is 0 Å². The van der Waals surface area contributed by atoms with Crippen LogP contribution in [0.3, 0.4) is 0 Å². The molecule has 0 saturated carbocycles. The maximum absolute atomic E-state index is 12.2. The highest BCUT2D eigenvalue weighted by Gasteiger charge is 2.20. The van der Waals surface area contributed by atoms with Crippen LogP contribution in [0.25, 0.3) is 0 Å². The normalized spacial score (nSPS) is 11.5. The van der Waals surface area contributed by atoms with Gasteiger partial charge in [0.15, 0.2) is 10.9 Å². The summed E-state index contributed by atoms with van der Waals surface area (Å²) in [5.41, 5.74) is 2.06. The lowest BCUT2D eigenvalue weighted by molar-refractivity contribution is 0.0915. The Kier molecular flexibility index (Phi) is 5.78. The van der Waals surface area contributed by atoms with E-state index in [4.69, 9.17) is 39.2 Å². The number of carbonyl (C=O) groups excluding carboxylic acids is 1. The molecule has 12 heteroatoms. The summed E-state index contributed by atoms with van der Waals surface area (Å²) in [7, 11) is -4.04. The Labute approximate surface area is 169 Å². The van der Waals surface area contributed by atoms with Crippen molar-refractivity contribution in [3.05, 3.63) is 69.6 Å². The Morgan fingerprint density at radius 3 is 2.56 bits per heavy atom. The van der Waals surface area contributed by atoms with Gasteiger partial charge in [-0.3, -0.25) is 10.2 Å². The average Bonchev–Trinajstić information content (AvgIpc) is 3.22. The zero-order valence-electron chi connectivity index (χ0n) is 13.3. The summed E-state index contributed by atoms with van der Waals surface area (Å²) >= 11 is 17.6. The van der Waals surface area contributed by atoms with E-state index in [9.17, 15) is 13.2 Å². The third-order valence-corrected chi connectivity index (χ3v) is 5.89. The number of hydrogen-bond donors (Lipinski definition) is 2. The minimum Gasteiger partial charge on any atom is -0.454 e. The third kappa shape index (κ3) is 4.45. The Balaban J connectivity index is 1.66. The first-order valence-corrected chi connectivity index (χ1v) is 9.91. The molecular formula is C15H11Cl3N4O4S. The van der Waals surface area contributed by atoms with Gasteiger partial charge < -0.3 is 8.98 Å². The number of nitrogens with zero attached hydrogens (tertiary/aromatic N) is 2. The third-order valence-electron chi connectivity index (χ3n) is 3.37. The summed E-state index contributed by atoms with van der Waals surface area (Å²) in [4.78, 5) is 17.7. The highest BCUT2D eigenvalue weighted by Crippen LogP contribution is 2.22. The fraction of sp³-hybridized carbons (Fsp3) is 0.0667. The molecule has 1 aromatic carbocycles. The molecule has 3 rings (SSSR count). The van der Waals surface area contributed by atoms with Crippen molar-refractivity contribution in [2.45, 2.75) is 11.4 Å². The van der Waals surface area contributed by atoms with Gasteiger partial charge in [0.2, 0.25) is 0 Å². The number of nitrogens with one attached hydrogen (secondary N) is 2. The lowest BCUT2D eigenvalue weighted by Gasteiger charge is -2.08. The number of sulfonamides is 1. The second-order valence-corrected chi connectivity index (χ2v) is 7.98. The van der Waals surface area contributed by atoms with Crippen molar-refractivity contribution in [1.82, 2.24) is 19.8 Å². The predicted molar refractivity (Wildman–Crippen MR) is 99.3 cm³/mol. The molecule has 2 N–H and O–H groups in total. The summed E-state index contributed by atoms with van der Waals surface area (Å²) in [6.45, 7) is 0.192. The average molecular weight is 450 g/mol. The molecule has 0 spiro atoms. The minimum absolute atomic E-state index is 0.0235. The van der Waals surface area contributed by atoms with Crippen molar-refractivity contribution >= 4 is 50.7 Å². The van der Waals surface area contributed by atoms with Gasteiger partial charge in [-0.25, -0.2) is 13.4 Å². The molecule has 0 unspecified atom stereocenters. The van der Waals surface area contributed by atoms with Gasteiger partial charge in [0.05, 0.1) is 17.9 Å². The van der Waals surface area contributed by atoms with Crippen molar-refractivity contribution in [3.63, 3.8) is 0 Å². The van der Waals surface area contributed by atoms with Gasteiger partial charge in [-0.1, -0.05) is 46.9 Å². The van der Waals surface area contributed by atoms with Crippen molar-refractivity contribution in [2.24, 2.45) is 0 Å². The van der Waals surface area contributed by atoms with Crippen LogP contribution in [0.5, 0.6) is 0 Å². The van der Waals surface area contributed by atoms with Crippen molar-refractivity contribution in [2.75, 3.05) is 0 Å². The molecule has 0 saturated heterocycles. The molecular weight excluding hydrogens is 439 g/mol. The first kappa shape index (κ1) is 19.7. The summed E-state index contributed by atoms with van der Waals surface area (Å²) in [5.74, 6) is -0.495. The zero-order chi connectivity index (χ0) is 19.6. The molecule has 142 valence electrons. The Bertz CT molecular complexity index is 1090. The van der Waals surface area contributed by atoms with Crippen LogP contribution in [0.15, 0.2) is 52.0 Å². The van der Waals surface area contributed by atoms with Crippen LogP contribution < -0.4 is 10.3 Å². The molecule has 2 heterocycles. The fourth-order valence-electron chi connectivity index (χ4n) is 2.10. The van der Waals surface area contributed by atoms with E-state index in [0.29, 0.717) is 5.76 Å². The second-order valence-electron chi connectivity index (χ2n) is 5.21. The van der Waals surface area contributed by atoms with Gasteiger partial charge in [0, 0.05) is 0 Å². The molecule has 8 nitrogen and oxygen atoms in total. The van der Waals surface area contributed by atoms with E-state index < -0.39 is 15.9 Å². The van der Waals surface area contributed by atoms with E-state index in [1.165, 1.54) is 35.2 Å². The summed E-state index contributed by atoms with van der Waals surface area (Å²) in [6.07, 6.45) is 1.42. The molecule has 0 bridgehead atoms. The van der Waals surface area contributed by atoms with Crippen LogP contribution in [0, 0.1) is 0 Å². The van der Waals surface area contributed by atoms with Crippen LogP contribution in [0.1, 0.15) is 16.3 Å². The molecule has 0 fully saturated rings. The Morgan fingerprint density at radius 1 is 1.15 bits per heavy atom. The molecule has 3 aromatic rings. The van der Waals surface area contributed by atoms with Crippen LogP contribution >= 0.6 is 34.8 Å². The molecule has 27 heavy (non-hydrogen) atoms. The highest BCUT2D eigenvalue weighted by molar-refractivity contribution is 7.89. The molecule has 0 radical (unpaired) electrons. The quantitative estimate of drug-likeness (QED) is 0.562. The van der Waals surface area contributed by atoms with Gasteiger partial charge in [0.1, 0.15) is 15.8 Å². The van der Waals surface area contributed by atoms with E-state index in [1.54, 1.807) is 12.1 Å². The van der Waals surface area contributed by atoms with Gasteiger partial charge in [0.25, 0.3) is 10.0 Å². The van der Waals surface area contributed by atoms with E-state index in [0.717, 1.165) is 0 Å².